The van der Waals surface area contributed by atoms with E-state index in [9.17, 15) is 9.59 Å². The van der Waals surface area contributed by atoms with E-state index in [1.54, 1.807) is 0 Å². The highest BCUT2D eigenvalue weighted by atomic mass is 16.5. The Balaban J connectivity index is 3.95. The van der Waals surface area contributed by atoms with Crippen molar-refractivity contribution >= 4 is 11.9 Å². The zero-order valence-corrected chi connectivity index (χ0v) is 30.7. The number of carbonyl (C=O) groups excluding carboxylic acids is 2. The van der Waals surface area contributed by atoms with Crippen LogP contribution >= 0.6 is 0 Å². The molecule has 0 bridgehead atoms. The third kappa shape index (κ3) is 32.6. The molecule has 6 heteroatoms. The van der Waals surface area contributed by atoms with Crippen LogP contribution in [-0.4, -0.2) is 55.2 Å². The molecule has 0 aliphatic heterocycles. The fourth-order valence-corrected chi connectivity index (χ4v) is 6.03. The third-order valence-electron chi connectivity index (χ3n) is 9.04. The molecule has 0 aliphatic rings. The van der Waals surface area contributed by atoms with E-state index in [-0.39, 0.29) is 24.1 Å². The minimum atomic E-state index is -0.147. The Kier molecular flexibility index (Phi) is 33.3. The molecule has 0 aromatic rings. The second-order valence-electron chi connectivity index (χ2n) is 13.7. The summed E-state index contributed by atoms with van der Waals surface area (Å²) in [7, 11) is 0. The van der Waals surface area contributed by atoms with Gasteiger partial charge in [-0.3, -0.25) is 9.59 Å². The van der Waals surface area contributed by atoms with Gasteiger partial charge in [0.25, 0.3) is 0 Å². The maximum absolute atomic E-state index is 12.5. The Labute approximate surface area is 280 Å². The molecule has 2 unspecified atom stereocenters. The van der Waals surface area contributed by atoms with Gasteiger partial charge in [-0.2, -0.15) is 0 Å². The average Bonchev–Trinajstić information content (AvgIpc) is 3.02. The number of ether oxygens (including phenoxy) is 2. The van der Waals surface area contributed by atoms with E-state index in [0.29, 0.717) is 32.5 Å². The van der Waals surface area contributed by atoms with E-state index in [1.807, 2.05) is 13.8 Å². The first kappa shape index (κ1) is 43.9. The maximum Gasteiger partial charge on any atom is 0.307 e. The van der Waals surface area contributed by atoms with Crippen LogP contribution in [0.1, 0.15) is 201 Å². The van der Waals surface area contributed by atoms with Crippen LogP contribution in [0, 0.1) is 0 Å². The number of nitrogens with two attached hydrogens (primary N) is 1. The predicted octanol–water partition coefficient (Wildman–Crippen LogP) is 10.7. The molecule has 2 N–H and O–H groups in total. The molecule has 0 amide bonds. The second-order valence-corrected chi connectivity index (χ2v) is 13.7. The van der Waals surface area contributed by atoms with Crippen LogP contribution < -0.4 is 5.73 Å². The molecule has 0 aromatic heterocycles. The summed E-state index contributed by atoms with van der Waals surface area (Å²) >= 11 is 0. The molecule has 0 fully saturated rings. The topological polar surface area (TPSA) is 81.9 Å². The lowest BCUT2D eigenvalue weighted by atomic mass is 10.0. The zero-order valence-electron chi connectivity index (χ0n) is 30.7. The minimum Gasteiger partial charge on any atom is -0.463 e. The summed E-state index contributed by atoms with van der Waals surface area (Å²) in [6.07, 6.45) is 32.4. The van der Waals surface area contributed by atoms with Crippen molar-refractivity contribution in [3.8, 4) is 0 Å². The van der Waals surface area contributed by atoms with Gasteiger partial charge in [0, 0.05) is 13.1 Å². The van der Waals surface area contributed by atoms with Crippen molar-refractivity contribution in [2.24, 2.45) is 5.73 Å². The monoisotopic (exact) mass is 639 g/mol. The molecule has 6 nitrogen and oxygen atoms in total. The van der Waals surface area contributed by atoms with Gasteiger partial charge in [-0.15, -0.1) is 0 Å². The molecule has 0 spiro atoms. The molecule has 0 radical (unpaired) electrons. The molecule has 2 atom stereocenters. The van der Waals surface area contributed by atoms with E-state index in [1.165, 1.54) is 128 Å². The van der Waals surface area contributed by atoms with Gasteiger partial charge in [-0.25, -0.2) is 0 Å². The van der Waals surface area contributed by atoms with Crippen molar-refractivity contribution in [2.45, 2.75) is 213 Å². The molecule has 0 saturated heterocycles. The molecular weight excluding hydrogens is 560 g/mol. The number of rotatable bonds is 35. The number of hydrogen-bond acceptors (Lipinski definition) is 6. The minimum absolute atomic E-state index is 0.0367. The largest absolute Gasteiger partial charge is 0.463 e. The summed E-state index contributed by atoms with van der Waals surface area (Å²) in [6, 6.07) is 0. The van der Waals surface area contributed by atoms with Crippen molar-refractivity contribution < 1.29 is 19.1 Å². The van der Waals surface area contributed by atoms with Crippen LogP contribution in [0.25, 0.3) is 0 Å². The molecule has 0 aliphatic carbocycles. The van der Waals surface area contributed by atoms with E-state index < -0.39 is 0 Å². The summed E-state index contributed by atoms with van der Waals surface area (Å²) in [4.78, 5) is 27.1. The number of nitrogens with zero attached hydrogens (tertiary/aromatic N) is 1. The first-order chi connectivity index (χ1) is 21.9. The molecule has 268 valence electrons. The van der Waals surface area contributed by atoms with E-state index in [2.05, 4.69) is 18.7 Å². The van der Waals surface area contributed by atoms with Crippen LogP contribution in [0.15, 0.2) is 0 Å². The molecule has 0 rings (SSSR count). The fourth-order valence-electron chi connectivity index (χ4n) is 6.03. The lowest BCUT2D eigenvalue weighted by Gasteiger charge is -2.22. The van der Waals surface area contributed by atoms with Gasteiger partial charge in [0.2, 0.25) is 0 Å². The number of hydrogen-bond donors (Lipinski definition) is 1. The fraction of sp³-hybridized carbons (Fsp3) is 0.949. The Morgan fingerprint density at radius 3 is 1.11 bits per heavy atom. The highest BCUT2D eigenvalue weighted by molar-refractivity contribution is 5.70. The molecule has 45 heavy (non-hydrogen) atoms. The van der Waals surface area contributed by atoms with Gasteiger partial charge in [-0.05, 0) is 59.0 Å². The normalized spacial score (nSPS) is 12.8. The lowest BCUT2D eigenvalue weighted by Crippen LogP contribution is -2.32. The van der Waals surface area contributed by atoms with E-state index >= 15 is 0 Å². The van der Waals surface area contributed by atoms with Crippen LogP contribution in [0.5, 0.6) is 0 Å². The zero-order chi connectivity index (χ0) is 33.2. The molecule has 0 saturated carbocycles. The standard InChI is InChI=1S/C39H78N2O4/c1-5-7-9-11-13-15-17-19-21-23-25-28-36(3)44-38(42)30-34-41(33-27-32-40)35-31-39(43)45-37(4)29-26-24-22-20-18-16-14-12-10-8-6-2/h36-37H,5-35,40H2,1-4H3. The van der Waals surface area contributed by atoms with Crippen molar-refractivity contribution in [3.05, 3.63) is 0 Å². The third-order valence-corrected chi connectivity index (χ3v) is 9.04. The first-order valence-corrected chi connectivity index (χ1v) is 19.7. The van der Waals surface area contributed by atoms with Gasteiger partial charge in [0.05, 0.1) is 25.0 Å². The van der Waals surface area contributed by atoms with E-state index in [4.69, 9.17) is 15.2 Å². The maximum atomic E-state index is 12.5. The Morgan fingerprint density at radius 2 is 0.800 bits per heavy atom. The quantitative estimate of drug-likeness (QED) is 0.0549. The van der Waals surface area contributed by atoms with Crippen LogP contribution in [0.3, 0.4) is 0 Å². The Morgan fingerprint density at radius 1 is 0.489 bits per heavy atom. The molecule has 0 heterocycles. The molecular formula is C39H78N2O4. The number of carbonyl (C=O) groups is 2. The average molecular weight is 639 g/mol. The SMILES string of the molecule is CCCCCCCCCCCCCC(C)OC(=O)CCN(CCCN)CCC(=O)OC(C)CCCCCCCCCCCCC. The second kappa shape index (κ2) is 34.2. The van der Waals surface area contributed by atoms with Crippen molar-refractivity contribution in [1.82, 2.24) is 4.90 Å². The van der Waals surface area contributed by atoms with Gasteiger partial charge >= 0.3 is 11.9 Å². The summed E-state index contributed by atoms with van der Waals surface area (Å²) in [5, 5.41) is 0. The van der Waals surface area contributed by atoms with Crippen molar-refractivity contribution in [1.29, 1.82) is 0 Å². The summed E-state index contributed by atoms with van der Waals surface area (Å²) < 4.78 is 11.4. The highest BCUT2D eigenvalue weighted by Crippen LogP contribution is 2.15. The van der Waals surface area contributed by atoms with Gasteiger partial charge < -0.3 is 20.1 Å². The van der Waals surface area contributed by atoms with Crippen molar-refractivity contribution in [3.63, 3.8) is 0 Å². The summed E-state index contributed by atoms with van der Waals surface area (Å²) in [6.45, 7) is 11.1. The Bertz CT molecular complexity index is 595. The van der Waals surface area contributed by atoms with Gasteiger partial charge in [0.1, 0.15) is 0 Å². The van der Waals surface area contributed by atoms with Crippen LogP contribution in [0.4, 0.5) is 0 Å². The first-order valence-electron chi connectivity index (χ1n) is 19.7. The van der Waals surface area contributed by atoms with Crippen LogP contribution in [0.2, 0.25) is 0 Å². The van der Waals surface area contributed by atoms with E-state index in [0.717, 1.165) is 38.6 Å². The number of esters is 2. The molecule has 0 aromatic carbocycles. The van der Waals surface area contributed by atoms with Gasteiger partial charge in [0.15, 0.2) is 0 Å². The van der Waals surface area contributed by atoms with Crippen molar-refractivity contribution in [2.75, 3.05) is 26.2 Å². The summed E-state index contributed by atoms with van der Waals surface area (Å²) in [5.41, 5.74) is 5.74. The number of unbranched alkanes of at least 4 members (excludes halogenated alkanes) is 20. The Hall–Kier alpha value is -1.14. The highest BCUT2D eigenvalue weighted by Gasteiger charge is 2.15. The van der Waals surface area contributed by atoms with Crippen LogP contribution in [-0.2, 0) is 19.1 Å². The lowest BCUT2D eigenvalue weighted by molar-refractivity contribution is -0.149. The smallest absolute Gasteiger partial charge is 0.307 e. The summed E-state index contributed by atoms with van der Waals surface area (Å²) in [5.74, 6) is -0.294. The predicted molar refractivity (Wildman–Crippen MR) is 193 cm³/mol. The van der Waals surface area contributed by atoms with Gasteiger partial charge in [-0.1, -0.05) is 142 Å².